The number of aromatic amines is 1. The second kappa shape index (κ2) is 7.49. The summed E-state index contributed by atoms with van der Waals surface area (Å²) < 4.78 is 37.6. The van der Waals surface area contributed by atoms with Gasteiger partial charge in [-0.05, 0) is 18.4 Å². The summed E-state index contributed by atoms with van der Waals surface area (Å²) in [6.07, 6.45) is 5.66. The standard InChI is InChI=1S/C18H16FN2O6P/c1-2-18(21-15(19)9-16(22)20-17(21)23)8-7-13(26-18)11-25-28-24-10-12-5-3-4-6-14(12)27-28/h1,3-6,9,13H,7-8,10-11H2,(H,20,22,23). The molecule has 1 fully saturated rings. The van der Waals surface area contributed by atoms with Gasteiger partial charge in [-0.1, -0.05) is 18.2 Å². The summed E-state index contributed by atoms with van der Waals surface area (Å²) in [5.74, 6) is 1.98. The van der Waals surface area contributed by atoms with Crippen molar-refractivity contribution >= 4 is 8.60 Å². The molecule has 0 radical (unpaired) electrons. The number of hydrogen-bond acceptors (Lipinski definition) is 6. The zero-order valence-corrected chi connectivity index (χ0v) is 15.5. The second-order valence-electron chi connectivity index (χ2n) is 6.30. The zero-order valence-electron chi connectivity index (χ0n) is 14.6. The third-order valence-electron chi connectivity index (χ3n) is 4.49. The van der Waals surface area contributed by atoms with Gasteiger partial charge in [0.05, 0.1) is 25.4 Å². The van der Waals surface area contributed by atoms with E-state index < -0.39 is 37.6 Å². The van der Waals surface area contributed by atoms with E-state index in [9.17, 15) is 14.0 Å². The fourth-order valence-electron chi connectivity index (χ4n) is 3.16. The Hall–Kier alpha value is -2.50. The van der Waals surface area contributed by atoms with Crippen molar-refractivity contribution in [3.05, 3.63) is 62.7 Å². The van der Waals surface area contributed by atoms with Gasteiger partial charge in [-0.2, -0.15) is 4.39 Å². The second-order valence-corrected chi connectivity index (χ2v) is 7.44. The van der Waals surface area contributed by atoms with E-state index in [1.54, 1.807) is 0 Å². The van der Waals surface area contributed by atoms with Crippen molar-refractivity contribution in [1.29, 1.82) is 0 Å². The van der Waals surface area contributed by atoms with Gasteiger partial charge >= 0.3 is 14.3 Å². The Morgan fingerprint density at radius 2 is 2.25 bits per heavy atom. The van der Waals surface area contributed by atoms with E-state index in [4.69, 9.17) is 24.7 Å². The van der Waals surface area contributed by atoms with Crippen molar-refractivity contribution in [1.82, 2.24) is 9.55 Å². The molecule has 0 bridgehead atoms. The number of terminal acetylenes is 1. The molecule has 0 aliphatic carbocycles. The highest BCUT2D eigenvalue weighted by Gasteiger charge is 2.43. The Morgan fingerprint density at radius 1 is 1.43 bits per heavy atom. The first-order chi connectivity index (χ1) is 13.5. The largest absolute Gasteiger partial charge is 0.426 e. The first-order valence-corrected chi connectivity index (χ1v) is 9.60. The Balaban J connectivity index is 1.43. The van der Waals surface area contributed by atoms with Crippen LogP contribution in [0.25, 0.3) is 0 Å². The van der Waals surface area contributed by atoms with Crippen molar-refractivity contribution in [2.45, 2.75) is 31.3 Å². The topological polar surface area (TPSA) is 91.8 Å². The monoisotopic (exact) mass is 406 g/mol. The molecule has 2 aromatic rings. The number of halogens is 1. The van der Waals surface area contributed by atoms with Crippen LogP contribution in [-0.4, -0.2) is 22.3 Å². The Bertz CT molecular complexity index is 1050. The van der Waals surface area contributed by atoms with Gasteiger partial charge in [0.15, 0.2) is 0 Å². The number of nitrogens with zero attached hydrogens (tertiary/aromatic N) is 1. The molecule has 2 aliphatic heterocycles. The lowest BCUT2D eigenvalue weighted by Gasteiger charge is -2.27. The lowest BCUT2D eigenvalue weighted by Crippen LogP contribution is -2.45. The van der Waals surface area contributed by atoms with Gasteiger partial charge in [0.25, 0.3) is 5.56 Å². The van der Waals surface area contributed by atoms with Crippen molar-refractivity contribution in [3.8, 4) is 18.1 Å². The SMILES string of the molecule is C#CC1(n2c(F)cc(=O)[nH]c2=O)CCC(COP2OCc3ccccc3O2)O1. The summed E-state index contributed by atoms with van der Waals surface area (Å²) in [4.78, 5) is 25.3. The molecule has 3 atom stereocenters. The molecule has 10 heteroatoms. The molecule has 8 nitrogen and oxygen atoms in total. The predicted molar refractivity (Wildman–Crippen MR) is 96.9 cm³/mol. The number of fused-ring (bicyclic) bond motifs is 1. The predicted octanol–water partition coefficient (Wildman–Crippen LogP) is 1.99. The molecule has 4 rings (SSSR count). The molecule has 1 aromatic heterocycles. The van der Waals surface area contributed by atoms with Crippen LogP contribution >= 0.6 is 8.60 Å². The number of rotatable bonds is 4. The highest BCUT2D eigenvalue weighted by molar-refractivity contribution is 7.42. The minimum Gasteiger partial charge on any atom is -0.426 e. The summed E-state index contributed by atoms with van der Waals surface area (Å²) >= 11 is 0. The Labute approximate surface area is 160 Å². The summed E-state index contributed by atoms with van der Waals surface area (Å²) in [7, 11) is -1.60. The highest BCUT2D eigenvalue weighted by Crippen LogP contribution is 2.47. The maximum atomic E-state index is 14.2. The molecular formula is C18H16FN2O6P. The highest BCUT2D eigenvalue weighted by atomic mass is 31.2. The number of ether oxygens (including phenoxy) is 1. The molecule has 2 aliphatic rings. The summed E-state index contributed by atoms with van der Waals surface area (Å²) in [6.45, 7) is 0.469. The van der Waals surface area contributed by atoms with Crippen LogP contribution in [0, 0.1) is 18.3 Å². The van der Waals surface area contributed by atoms with E-state index in [2.05, 4.69) is 5.92 Å². The van der Waals surface area contributed by atoms with Crippen molar-refractivity contribution in [2.24, 2.45) is 0 Å². The smallest absolute Gasteiger partial charge is 0.397 e. The van der Waals surface area contributed by atoms with E-state index in [0.29, 0.717) is 29.4 Å². The van der Waals surface area contributed by atoms with Gasteiger partial charge < -0.3 is 9.26 Å². The quantitative estimate of drug-likeness (QED) is 0.475. The first kappa shape index (κ1) is 18.8. The zero-order chi connectivity index (χ0) is 19.7. The normalized spacial score (nSPS) is 26.3. The molecule has 1 saturated heterocycles. The van der Waals surface area contributed by atoms with E-state index in [-0.39, 0.29) is 13.0 Å². The number of para-hydroxylation sites is 1. The van der Waals surface area contributed by atoms with E-state index >= 15 is 0 Å². The van der Waals surface area contributed by atoms with Crippen molar-refractivity contribution < 1.29 is 22.7 Å². The van der Waals surface area contributed by atoms with Crippen LogP contribution in [0.4, 0.5) is 4.39 Å². The number of aromatic nitrogens is 2. The Kier molecular flexibility index (Phi) is 5.04. The summed E-state index contributed by atoms with van der Waals surface area (Å²) in [5, 5.41) is 0. The molecule has 0 saturated carbocycles. The van der Waals surface area contributed by atoms with Crippen LogP contribution in [-0.2, 0) is 26.1 Å². The van der Waals surface area contributed by atoms with Crippen molar-refractivity contribution in [3.63, 3.8) is 0 Å². The van der Waals surface area contributed by atoms with Gasteiger partial charge in [0.1, 0.15) is 5.75 Å². The van der Waals surface area contributed by atoms with Crippen LogP contribution in [0.3, 0.4) is 0 Å². The third-order valence-corrected chi connectivity index (χ3v) is 5.53. The van der Waals surface area contributed by atoms with Crippen LogP contribution < -0.4 is 15.8 Å². The van der Waals surface area contributed by atoms with Crippen LogP contribution in [0.1, 0.15) is 18.4 Å². The average Bonchev–Trinajstić information content (AvgIpc) is 3.10. The molecular weight excluding hydrogens is 390 g/mol. The third kappa shape index (κ3) is 3.48. The fourth-order valence-corrected chi connectivity index (χ4v) is 4.21. The van der Waals surface area contributed by atoms with Crippen LogP contribution in [0.15, 0.2) is 39.9 Å². The van der Waals surface area contributed by atoms with Gasteiger partial charge in [-0.3, -0.25) is 18.8 Å². The van der Waals surface area contributed by atoms with Gasteiger partial charge in [0, 0.05) is 12.0 Å². The number of benzene rings is 1. The molecule has 28 heavy (non-hydrogen) atoms. The van der Waals surface area contributed by atoms with E-state index in [1.165, 1.54) is 0 Å². The van der Waals surface area contributed by atoms with E-state index in [1.807, 2.05) is 29.2 Å². The number of H-pyrrole nitrogens is 1. The molecule has 0 amide bonds. The van der Waals surface area contributed by atoms with E-state index in [0.717, 1.165) is 5.56 Å². The molecule has 3 unspecified atom stereocenters. The average molecular weight is 406 g/mol. The molecule has 1 aromatic carbocycles. The molecule has 1 N–H and O–H groups in total. The molecule has 3 heterocycles. The lowest BCUT2D eigenvalue weighted by molar-refractivity contribution is -0.0764. The summed E-state index contributed by atoms with van der Waals surface area (Å²) in [6, 6.07) is 8.13. The Morgan fingerprint density at radius 3 is 3.04 bits per heavy atom. The van der Waals surface area contributed by atoms with Gasteiger partial charge in [0.2, 0.25) is 11.7 Å². The van der Waals surface area contributed by atoms with Crippen LogP contribution in [0.2, 0.25) is 0 Å². The maximum absolute atomic E-state index is 14.2. The fraction of sp³-hybridized carbons (Fsp3) is 0.333. The molecule has 146 valence electrons. The van der Waals surface area contributed by atoms with Gasteiger partial charge in [-0.15, -0.1) is 6.42 Å². The van der Waals surface area contributed by atoms with Gasteiger partial charge in [-0.25, -0.2) is 9.36 Å². The van der Waals surface area contributed by atoms with Crippen molar-refractivity contribution in [2.75, 3.05) is 6.61 Å². The minimum absolute atomic E-state index is 0.0943. The minimum atomic E-state index is -1.63. The number of nitrogens with one attached hydrogen (secondary N) is 1. The lowest BCUT2D eigenvalue weighted by atomic mass is 10.1. The first-order valence-electron chi connectivity index (χ1n) is 8.50. The maximum Gasteiger partial charge on any atom is 0.397 e. The number of hydrogen-bond donors (Lipinski definition) is 1. The molecule has 0 spiro atoms. The van der Waals surface area contributed by atoms with Crippen LogP contribution in [0.5, 0.6) is 5.75 Å². The summed E-state index contributed by atoms with van der Waals surface area (Å²) in [5.41, 5.74) is -2.52.